The van der Waals surface area contributed by atoms with Gasteiger partial charge in [-0.15, -0.1) is 11.3 Å². The van der Waals surface area contributed by atoms with Crippen LogP contribution in [0, 0.1) is 0 Å². The van der Waals surface area contributed by atoms with E-state index in [0.29, 0.717) is 0 Å². The van der Waals surface area contributed by atoms with E-state index in [9.17, 15) is 0 Å². The van der Waals surface area contributed by atoms with Gasteiger partial charge in [0, 0.05) is 23.0 Å². The van der Waals surface area contributed by atoms with Crippen molar-refractivity contribution >= 4 is 22.9 Å². The largest absolute Gasteiger partial charge is 0.302 e. The highest BCUT2D eigenvalue weighted by atomic mass is 35.5. The molecular weight excluding hydrogens is 250 g/mol. The Balaban J connectivity index is 1.85. The zero-order valence-electron chi connectivity index (χ0n) is 9.90. The summed E-state index contributed by atoms with van der Waals surface area (Å²) in [5.74, 6) is 0. The van der Waals surface area contributed by atoms with Gasteiger partial charge in [0.2, 0.25) is 0 Å². The zero-order valence-corrected chi connectivity index (χ0v) is 11.5. The molecule has 0 radical (unpaired) electrons. The predicted molar refractivity (Wildman–Crippen MR) is 75.8 cm³/mol. The van der Waals surface area contributed by atoms with E-state index < -0.39 is 0 Å². The fourth-order valence-electron chi connectivity index (χ4n) is 1.75. The normalized spacial score (nSPS) is 11.0. The summed E-state index contributed by atoms with van der Waals surface area (Å²) in [6.45, 7) is 1.97. The molecule has 2 rings (SSSR count). The summed E-state index contributed by atoms with van der Waals surface area (Å²) < 4.78 is 0. The van der Waals surface area contributed by atoms with Crippen LogP contribution in [0.25, 0.3) is 0 Å². The van der Waals surface area contributed by atoms with Gasteiger partial charge in [-0.25, -0.2) is 0 Å². The lowest BCUT2D eigenvalue weighted by Gasteiger charge is -2.16. The van der Waals surface area contributed by atoms with Crippen molar-refractivity contribution in [2.45, 2.75) is 13.0 Å². The zero-order chi connectivity index (χ0) is 12.1. The van der Waals surface area contributed by atoms with Crippen LogP contribution in [0.3, 0.4) is 0 Å². The molecule has 0 bridgehead atoms. The lowest BCUT2D eigenvalue weighted by Crippen LogP contribution is -2.20. The first kappa shape index (κ1) is 12.6. The Morgan fingerprint density at radius 1 is 1.18 bits per heavy atom. The topological polar surface area (TPSA) is 3.24 Å². The Morgan fingerprint density at radius 3 is 2.71 bits per heavy atom. The van der Waals surface area contributed by atoms with Gasteiger partial charge in [0.05, 0.1) is 0 Å². The van der Waals surface area contributed by atoms with Crippen molar-refractivity contribution in [2.24, 2.45) is 0 Å². The molecule has 2 aromatic rings. The molecule has 1 aromatic carbocycles. The SMILES string of the molecule is CN(CCc1cccs1)Cc1ccccc1Cl. The first-order chi connectivity index (χ1) is 8.25. The second kappa shape index (κ2) is 6.20. The van der Waals surface area contributed by atoms with Crippen molar-refractivity contribution in [3.05, 3.63) is 57.2 Å². The fourth-order valence-corrected chi connectivity index (χ4v) is 2.65. The van der Waals surface area contributed by atoms with Gasteiger partial charge in [-0.2, -0.15) is 0 Å². The van der Waals surface area contributed by atoms with Gasteiger partial charge in [0.1, 0.15) is 0 Å². The van der Waals surface area contributed by atoms with E-state index in [1.807, 2.05) is 29.5 Å². The minimum absolute atomic E-state index is 0.857. The molecule has 0 N–H and O–H groups in total. The lowest BCUT2D eigenvalue weighted by atomic mass is 10.2. The Hall–Kier alpha value is -0.830. The number of benzene rings is 1. The molecule has 0 saturated heterocycles. The fraction of sp³-hybridized carbons (Fsp3) is 0.286. The van der Waals surface area contributed by atoms with Gasteiger partial charge < -0.3 is 4.90 Å². The van der Waals surface area contributed by atoms with E-state index in [1.54, 1.807) is 0 Å². The standard InChI is InChI=1S/C14H16ClNS/c1-16(9-8-13-6-4-10-17-13)11-12-5-2-3-7-14(12)15/h2-7,10H,8-9,11H2,1H3. The second-order valence-electron chi connectivity index (χ2n) is 4.16. The summed E-state index contributed by atoms with van der Waals surface area (Å²) in [5.41, 5.74) is 1.20. The number of nitrogens with zero attached hydrogens (tertiary/aromatic N) is 1. The highest BCUT2D eigenvalue weighted by Gasteiger charge is 2.04. The molecule has 0 amide bonds. The molecule has 0 atom stereocenters. The molecule has 3 heteroatoms. The van der Waals surface area contributed by atoms with Crippen LogP contribution in [0.1, 0.15) is 10.4 Å². The number of thiophene rings is 1. The quantitative estimate of drug-likeness (QED) is 0.788. The third-order valence-electron chi connectivity index (χ3n) is 2.72. The van der Waals surface area contributed by atoms with Gasteiger partial charge in [-0.05, 0) is 36.5 Å². The Kier molecular flexibility index (Phi) is 4.60. The average molecular weight is 266 g/mol. The molecule has 0 fully saturated rings. The van der Waals surface area contributed by atoms with Gasteiger partial charge in [-0.3, -0.25) is 0 Å². The van der Waals surface area contributed by atoms with Gasteiger partial charge in [0.15, 0.2) is 0 Å². The van der Waals surface area contributed by atoms with Crippen LogP contribution < -0.4 is 0 Å². The van der Waals surface area contributed by atoms with E-state index in [4.69, 9.17) is 11.6 Å². The first-order valence-corrected chi connectivity index (χ1v) is 6.96. The number of likely N-dealkylation sites (N-methyl/N-ethyl adjacent to an activating group) is 1. The van der Waals surface area contributed by atoms with E-state index in [1.165, 1.54) is 10.4 Å². The lowest BCUT2D eigenvalue weighted by molar-refractivity contribution is 0.332. The van der Waals surface area contributed by atoms with Crippen LogP contribution in [0.2, 0.25) is 5.02 Å². The van der Waals surface area contributed by atoms with Crippen molar-refractivity contribution in [3.8, 4) is 0 Å². The molecule has 0 spiro atoms. The molecule has 0 saturated carbocycles. The van der Waals surface area contributed by atoms with Gasteiger partial charge >= 0.3 is 0 Å². The third-order valence-corrected chi connectivity index (χ3v) is 4.02. The maximum absolute atomic E-state index is 6.14. The molecular formula is C14H16ClNS. The van der Waals surface area contributed by atoms with E-state index >= 15 is 0 Å². The van der Waals surface area contributed by atoms with Crippen molar-refractivity contribution in [1.82, 2.24) is 4.90 Å². The summed E-state index contributed by atoms with van der Waals surface area (Å²) in [6, 6.07) is 12.3. The number of hydrogen-bond acceptors (Lipinski definition) is 2. The molecule has 1 aromatic heterocycles. The van der Waals surface area contributed by atoms with Crippen molar-refractivity contribution in [2.75, 3.05) is 13.6 Å². The van der Waals surface area contributed by atoms with Crippen LogP contribution >= 0.6 is 22.9 Å². The molecule has 0 unspecified atom stereocenters. The molecule has 90 valence electrons. The summed E-state index contributed by atoms with van der Waals surface area (Å²) in [7, 11) is 2.14. The van der Waals surface area contributed by atoms with Gasteiger partial charge in [-0.1, -0.05) is 35.9 Å². The first-order valence-electron chi connectivity index (χ1n) is 5.70. The predicted octanol–water partition coefficient (Wildman–Crippen LogP) is 4.08. The van der Waals surface area contributed by atoms with Crippen LogP contribution in [-0.2, 0) is 13.0 Å². The summed E-state index contributed by atoms with van der Waals surface area (Å²) in [6.07, 6.45) is 1.11. The molecule has 0 aliphatic heterocycles. The minimum Gasteiger partial charge on any atom is -0.302 e. The van der Waals surface area contributed by atoms with Gasteiger partial charge in [0.25, 0.3) is 0 Å². The summed E-state index contributed by atoms with van der Waals surface area (Å²) in [4.78, 5) is 3.75. The molecule has 17 heavy (non-hydrogen) atoms. The highest BCUT2D eigenvalue weighted by Crippen LogP contribution is 2.17. The van der Waals surface area contributed by atoms with Crippen LogP contribution in [0.5, 0.6) is 0 Å². The molecule has 1 heterocycles. The van der Waals surface area contributed by atoms with Crippen LogP contribution in [-0.4, -0.2) is 18.5 Å². The number of hydrogen-bond donors (Lipinski definition) is 0. The Labute approximate surface area is 112 Å². The smallest absolute Gasteiger partial charge is 0.0451 e. The number of halogens is 1. The summed E-state index contributed by atoms with van der Waals surface area (Å²) >= 11 is 7.97. The maximum Gasteiger partial charge on any atom is 0.0451 e. The van der Waals surface area contributed by atoms with E-state index in [0.717, 1.165) is 24.5 Å². The monoisotopic (exact) mass is 265 g/mol. The van der Waals surface area contributed by atoms with Crippen molar-refractivity contribution < 1.29 is 0 Å². The Bertz CT molecular complexity index is 453. The van der Waals surface area contributed by atoms with E-state index in [-0.39, 0.29) is 0 Å². The second-order valence-corrected chi connectivity index (χ2v) is 5.60. The maximum atomic E-state index is 6.14. The molecule has 0 aliphatic rings. The molecule has 0 aliphatic carbocycles. The van der Waals surface area contributed by atoms with Crippen LogP contribution in [0.4, 0.5) is 0 Å². The Morgan fingerprint density at radius 2 is 2.00 bits per heavy atom. The third kappa shape index (κ3) is 3.84. The van der Waals surface area contributed by atoms with Crippen LogP contribution in [0.15, 0.2) is 41.8 Å². The number of rotatable bonds is 5. The highest BCUT2D eigenvalue weighted by molar-refractivity contribution is 7.09. The van der Waals surface area contributed by atoms with Crippen molar-refractivity contribution in [1.29, 1.82) is 0 Å². The summed E-state index contributed by atoms with van der Waals surface area (Å²) in [5, 5.41) is 2.99. The minimum atomic E-state index is 0.857. The average Bonchev–Trinajstić information content (AvgIpc) is 2.82. The van der Waals surface area contributed by atoms with E-state index in [2.05, 4.69) is 35.5 Å². The van der Waals surface area contributed by atoms with Crippen molar-refractivity contribution in [3.63, 3.8) is 0 Å². The molecule has 1 nitrogen and oxygen atoms in total.